The van der Waals surface area contributed by atoms with Crippen molar-refractivity contribution in [2.45, 2.75) is 25.9 Å². The maximum Gasteiger partial charge on any atom is 0.323 e. The highest BCUT2D eigenvalue weighted by Crippen LogP contribution is 2.22. The van der Waals surface area contributed by atoms with Gasteiger partial charge < -0.3 is 10.0 Å². The summed E-state index contributed by atoms with van der Waals surface area (Å²) < 4.78 is 1.70. The molecular formula is C16H19ClN4O2. The van der Waals surface area contributed by atoms with Crippen molar-refractivity contribution in [1.29, 1.82) is 0 Å². The molecule has 1 fully saturated rings. The van der Waals surface area contributed by atoms with E-state index in [0.29, 0.717) is 23.9 Å². The number of aryl methyl sites for hydroxylation is 1. The van der Waals surface area contributed by atoms with Crippen LogP contribution in [0.15, 0.2) is 30.3 Å². The van der Waals surface area contributed by atoms with E-state index in [1.165, 1.54) is 0 Å². The smallest absolute Gasteiger partial charge is 0.323 e. The van der Waals surface area contributed by atoms with Gasteiger partial charge in [0.1, 0.15) is 0 Å². The first kappa shape index (κ1) is 15.8. The predicted octanol–water partition coefficient (Wildman–Crippen LogP) is 2.82. The molecule has 0 unspecified atom stereocenters. The second-order valence-electron chi connectivity index (χ2n) is 5.71. The Morgan fingerprint density at radius 3 is 2.96 bits per heavy atom. The highest BCUT2D eigenvalue weighted by Gasteiger charge is 2.22. The minimum atomic E-state index is -0.447. The minimum absolute atomic E-state index is 0.243. The van der Waals surface area contributed by atoms with Crippen molar-refractivity contribution in [3.8, 4) is 5.69 Å². The lowest BCUT2D eigenvalue weighted by molar-refractivity contribution is 0.0883. The molecule has 1 aliphatic heterocycles. The first-order chi connectivity index (χ1) is 11.0. The third-order valence-corrected chi connectivity index (χ3v) is 4.21. The summed E-state index contributed by atoms with van der Waals surface area (Å²) in [5.41, 5.74) is 1.63. The number of carbonyl (C=O) groups is 1. The number of hydrogen-bond donors (Lipinski definition) is 2. The number of urea groups is 1. The summed E-state index contributed by atoms with van der Waals surface area (Å²) in [7, 11) is 0. The Bertz CT molecular complexity index is 716. The number of piperidine rings is 1. The SMILES string of the molecule is Cc1cc(NC(=O)N2CCC[C@@H](O)C2)nn1-c1ccccc1Cl. The van der Waals surface area contributed by atoms with E-state index in [-0.39, 0.29) is 6.03 Å². The van der Waals surface area contributed by atoms with E-state index in [9.17, 15) is 9.90 Å². The van der Waals surface area contributed by atoms with E-state index in [1.54, 1.807) is 21.7 Å². The zero-order valence-corrected chi connectivity index (χ0v) is 13.6. The Hall–Kier alpha value is -2.05. The van der Waals surface area contributed by atoms with Crippen LogP contribution >= 0.6 is 11.6 Å². The van der Waals surface area contributed by atoms with Gasteiger partial charge in [-0.2, -0.15) is 0 Å². The third-order valence-electron chi connectivity index (χ3n) is 3.89. The summed E-state index contributed by atoms with van der Waals surface area (Å²) in [6.07, 6.45) is 1.10. The first-order valence-electron chi connectivity index (χ1n) is 7.60. The van der Waals surface area contributed by atoms with Gasteiger partial charge in [0.2, 0.25) is 0 Å². The molecule has 1 aliphatic rings. The Morgan fingerprint density at radius 1 is 1.43 bits per heavy atom. The van der Waals surface area contributed by atoms with Gasteiger partial charge >= 0.3 is 6.03 Å². The Morgan fingerprint density at radius 2 is 2.22 bits per heavy atom. The predicted molar refractivity (Wildman–Crippen MR) is 89.1 cm³/mol. The van der Waals surface area contributed by atoms with Crippen LogP contribution in [0.2, 0.25) is 5.02 Å². The fraction of sp³-hybridized carbons (Fsp3) is 0.375. The van der Waals surface area contributed by atoms with Crippen LogP contribution in [0.5, 0.6) is 0 Å². The molecule has 7 heteroatoms. The fourth-order valence-corrected chi connectivity index (χ4v) is 2.95. The number of halogens is 1. The second kappa shape index (κ2) is 6.60. The van der Waals surface area contributed by atoms with E-state index in [1.807, 2.05) is 25.1 Å². The number of rotatable bonds is 2. The Balaban J connectivity index is 1.76. The third kappa shape index (κ3) is 3.48. The number of aliphatic hydroxyl groups excluding tert-OH is 1. The van der Waals surface area contributed by atoms with Crippen molar-refractivity contribution in [2.24, 2.45) is 0 Å². The van der Waals surface area contributed by atoms with E-state index >= 15 is 0 Å². The van der Waals surface area contributed by atoms with Crippen LogP contribution in [0.4, 0.5) is 10.6 Å². The highest BCUT2D eigenvalue weighted by molar-refractivity contribution is 6.32. The molecule has 122 valence electrons. The number of amides is 2. The summed E-state index contributed by atoms with van der Waals surface area (Å²) in [6, 6.07) is 8.96. The molecule has 2 heterocycles. The molecule has 0 bridgehead atoms. The van der Waals surface area contributed by atoms with Gasteiger partial charge in [-0.25, -0.2) is 9.48 Å². The van der Waals surface area contributed by atoms with Crippen molar-refractivity contribution in [3.05, 3.63) is 41.0 Å². The number of benzene rings is 1. The van der Waals surface area contributed by atoms with Crippen molar-refractivity contribution in [2.75, 3.05) is 18.4 Å². The summed E-state index contributed by atoms with van der Waals surface area (Å²) in [5.74, 6) is 0.465. The summed E-state index contributed by atoms with van der Waals surface area (Å²) >= 11 is 6.20. The normalized spacial score (nSPS) is 18.0. The van der Waals surface area contributed by atoms with Gasteiger partial charge in [0.05, 0.1) is 16.8 Å². The van der Waals surface area contributed by atoms with Gasteiger partial charge in [0.25, 0.3) is 0 Å². The molecule has 2 aromatic rings. The average Bonchev–Trinajstić information content (AvgIpc) is 2.88. The number of anilines is 1. The number of hydrogen-bond acceptors (Lipinski definition) is 3. The molecule has 0 spiro atoms. The van der Waals surface area contributed by atoms with Crippen molar-refractivity contribution in [1.82, 2.24) is 14.7 Å². The number of carbonyl (C=O) groups excluding carboxylic acids is 1. The van der Waals surface area contributed by atoms with Crippen LogP contribution in [0.25, 0.3) is 5.69 Å². The number of aliphatic hydroxyl groups is 1. The lowest BCUT2D eigenvalue weighted by atomic mass is 10.1. The molecule has 1 saturated heterocycles. The van der Waals surface area contributed by atoms with Crippen LogP contribution in [-0.4, -0.2) is 45.0 Å². The molecule has 1 atom stereocenters. The van der Waals surface area contributed by atoms with Crippen LogP contribution in [0.3, 0.4) is 0 Å². The number of nitrogens with one attached hydrogen (secondary N) is 1. The van der Waals surface area contributed by atoms with Gasteiger partial charge in [-0.15, -0.1) is 5.10 Å². The molecular weight excluding hydrogens is 316 g/mol. The van der Waals surface area contributed by atoms with Crippen LogP contribution in [0, 0.1) is 6.92 Å². The monoisotopic (exact) mass is 334 g/mol. The van der Waals surface area contributed by atoms with E-state index in [2.05, 4.69) is 10.4 Å². The van der Waals surface area contributed by atoms with Crippen LogP contribution in [0.1, 0.15) is 18.5 Å². The van der Waals surface area contributed by atoms with Gasteiger partial charge in [-0.3, -0.25) is 5.32 Å². The first-order valence-corrected chi connectivity index (χ1v) is 7.98. The molecule has 1 aromatic carbocycles. The minimum Gasteiger partial charge on any atom is -0.391 e. The molecule has 0 aliphatic carbocycles. The summed E-state index contributed by atoms with van der Waals surface area (Å²) in [4.78, 5) is 13.9. The Labute approximate surface area is 139 Å². The maximum atomic E-state index is 12.3. The highest BCUT2D eigenvalue weighted by atomic mass is 35.5. The zero-order chi connectivity index (χ0) is 16.4. The van der Waals surface area contributed by atoms with Gasteiger partial charge in [0.15, 0.2) is 5.82 Å². The zero-order valence-electron chi connectivity index (χ0n) is 12.9. The average molecular weight is 335 g/mol. The van der Waals surface area contributed by atoms with Gasteiger partial charge in [-0.05, 0) is 31.9 Å². The lowest BCUT2D eigenvalue weighted by Crippen LogP contribution is -2.44. The summed E-state index contributed by atoms with van der Waals surface area (Å²) in [6.45, 7) is 2.90. The number of likely N-dealkylation sites (tertiary alicyclic amines) is 1. The topological polar surface area (TPSA) is 70.4 Å². The molecule has 2 N–H and O–H groups in total. The van der Waals surface area contributed by atoms with Crippen LogP contribution in [-0.2, 0) is 0 Å². The second-order valence-corrected chi connectivity index (χ2v) is 6.11. The molecule has 1 aromatic heterocycles. The number of β-amino-alcohol motifs (C(OH)–C–C–N with tert-alkyl or cyclic N) is 1. The molecule has 6 nitrogen and oxygen atoms in total. The van der Waals surface area contributed by atoms with E-state index < -0.39 is 6.10 Å². The molecule has 23 heavy (non-hydrogen) atoms. The lowest BCUT2D eigenvalue weighted by Gasteiger charge is -2.29. The number of nitrogens with zero attached hydrogens (tertiary/aromatic N) is 3. The molecule has 2 amide bonds. The van der Waals surface area contributed by atoms with Crippen molar-refractivity contribution < 1.29 is 9.90 Å². The standard InChI is InChI=1S/C16H19ClN4O2/c1-11-9-15(18-16(23)20-8-4-5-12(22)10-20)19-21(11)14-7-3-2-6-13(14)17/h2-3,6-7,9,12,22H,4-5,8,10H2,1H3,(H,18,19,23)/t12-/m1/s1. The molecule has 3 rings (SSSR count). The largest absolute Gasteiger partial charge is 0.391 e. The van der Waals surface area contributed by atoms with E-state index in [4.69, 9.17) is 11.6 Å². The van der Waals surface area contributed by atoms with Crippen molar-refractivity contribution >= 4 is 23.4 Å². The summed E-state index contributed by atoms with van der Waals surface area (Å²) in [5, 5.41) is 17.4. The van der Waals surface area contributed by atoms with Gasteiger partial charge in [-0.1, -0.05) is 23.7 Å². The van der Waals surface area contributed by atoms with Gasteiger partial charge in [0, 0.05) is 24.8 Å². The maximum absolute atomic E-state index is 12.3. The molecule has 0 radical (unpaired) electrons. The Kier molecular flexibility index (Phi) is 4.54. The van der Waals surface area contributed by atoms with Crippen LogP contribution < -0.4 is 5.32 Å². The van der Waals surface area contributed by atoms with Crippen molar-refractivity contribution in [3.63, 3.8) is 0 Å². The fourth-order valence-electron chi connectivity index (χ4n) is 2.73. The number of para-hydroxylation sites is 1. The number of aromatic nitrogens is 2. The molecule has 0 saturated carbocycles. The quantitative estimate of drug-likeness (QED) is 0.887. The van der Waals surface area contributed by atoms with E-state index in [0.717, 1.165) is 24.2 Å².